The Kier molecular flexibility index (Phi) is 4.60. The van der Waals surface area contributed by atoms with Crippen molar-refractivity contribution in [1.29, 1.82) is 0 Å². The average Bonchev–Trinajstić information content (AvgIpc) is 3.54. The van der Waals surface area contributed by atoms with Gasteiger partial charge in [-0.25, -0.2) is 0 Å². The number of aromatic nitrogens is 2. The summed E-state index contributed by atoms with van der Waals surface area (Å²) in [6, 6.07) is 10.3. The van der Waals surface area contributed by atoms with Crippen molar-refractivity contribution in [1.82, 2.24) is 15.1 Å². The molecule has 1 aromatic carbocycles. The molecular formula is C21H27N3O. The predicted octanol–water partition coefficient (Wildman–Crippen LogP) is 4.02. The van der Waals surface area contributed by atoms with Gasteiger partial charge in [-0.15, -0.1) is 0 Å². The zero-order chi connectivity index (χ0) is 17.2. The lowest BCUT2D eigenvalue weighted by Gasteiger charge is -2.09. The summed E-state index contributed by atoms with van der Waals surface area (Å²) in [7, 11) is 0. The molecule has 0 atom stereocenters. The van der Waals surface area contributed by atoms with Gasteiger partial charge in [-0.2, -0.15) is 5.10 Å². The van der Waals surface area contributed by atoms with Gasteiger partial charge >= 0.3 is 0 Å². The van der Waals surface area contributed by atoms with Crippen LogP contribution in [-0.4, -0.2) is 22.2 Å². The van der Waals surface area contributed by atoms with Gasteiger partial charge < -0.3 is 5.32 Å². The highest BCUT2D eigenvalue weighted by molar-refractivity contribution is 5.94. The van der Waals surface area contributed by atoms with Crippen molar-refractivity contribution in [2.24, 2.45) is 0 Å². The minimum Gasteiger partial charge on any atom is -0.350 e. The monoisotopic (exact) mass is 337 g/mol. The summed E-state index contributed by atoms with van der Waals surface area (Å²) in [5.74, 6) is 1.39. The van der Waals surface area contributed by atoms with Crippen molar-refractivity contribution >= 4 is 5.91 Å². The van der Waals surface area contributed by atoms with Crippen LogP contribution in [0.5, 0.6) is 0 Å². The Morgan fingerprint density at radius 2 is 1.88 bits per heavy atom. The van der Waals surface area contributed by atoms with E-state index in [9.17, 15) is 4.79 Å². The van der Waals surface area contributed by atoms with Gasteiger partial charge in [0.25, 0.3) is 5.91 Å². The molecule has 25 heavy (non-hydrogen) atoms. The summed E-state index contributed by atoms with van der Waals surface area (Å²) >= 11 is 0. The van der Waals surface area contributed by atoms with Crippen LogP contribution in [0.3, 0.4) is 0 Å². The van der Waals surface area contributed by atoms with E-state index in [1.165, 1.54) is 42.6 Å². The van der Waals surface area contributed by atoms with E-state index >= 15 is 0 Å². The number of nitrogens with one attached hydrogen (secondary N) is 1. The highest BCUT2D eigenvalue weighted by Crippen LogP contribution is 2.44. The van der Waals surface area contributed by atoms with Crippen LogP contribution in [-0.2, 0) is 13.0 Å². The highest BCUT2D eigenvalue weighted by atomic mass is 16.1. The summed E-state index contributed by atoms with van der Waals surface area (Å²) < 4.78 is 2.13. The molecule has 132 valence electrons. The lowest BCUT2D eigenvalue weighted by atomic mass is 10.1. The molecule has 2 fully saturated rings. The molecule has 1 heterocycles. The van der Waals surface area contributed by atoms with Crippen molar-refractivity contribution < 1.29 is 4.79 Å². The Balaban J connectivity index is 1.33. The standard InChI is InChI=1S/C21H27N3O/c1-2-3-15-4-6-18(7-5-15)21(25)22-12-13-24-20(17-10-11-17)14-19(23-24)16-8-9-16/h4-7,14,16-17H,2-3,8-13H2,1H3,(H,22,25). The third kappa shape index (κ3) is 3.94. The Hall–Kier alpha value is -2.10. The zero-order valence-corrected chi connectivity index (χ0v) is 15.0. The third-order valence-electron chi connectivity index (χ3n) is 5.19. The molecule has 2 saturated carbocycles. The van der Waals surface area contributed by atoms with E-state index in [4.69, 9.17) is 5.10 Å². The third-order valence-corrected chi connectivity index (χ3v) is 5.19. The van der Waals surface area contributed by atoms with Crippen molar-refractivity contribution in [3.63, 3.8) is 0 Å². The number of amides is 1. The average molecular weight is 337 g/mol. The number of aryl methyl sites for hydroxylation is 1. The number of carbonyl (C=O) groups excluding carboxylic acids is 1. The molecule has 1 N–H and O–H groups in total. The molecule has 2 aliphatic carbocycles. The Morgan fingerprint density at radius 1 is 1.16 bits per heavy atom. The van der Waals surface area contributed by atoms with Crippen LogP contribution >= 0.6 is 0 Å². The number of benzene rings is 1. The number of carbonyl (C=O) groups is 1. The van der Waals surface area contributed by atoms with Gasteiger partial charge in [0.1, 0.15) is 0 Å². The first kappa shape index (κ1) is 16.4. The first-order valence-electron chi connectivity index (χ1n) is 9.69. The fourth-order valence-electron chi connectivity index (χ4n) is 3.41. The molecule has 0 unspecified atom stereocenters. The van der Waals surface area contributed by atoms with Gasteiger partial charge in [-0.3, -0.25) is 9.48 Å². The van der Waals surface area contributed by atoms with Crippen LogP contribution in [0.4, 0.5) is 0 Å². The van der Waals surface area contributed by atoms with E-state index in [0.717, 1.165) is 24.9 Å². The molecule has 2 aliphatic rings. The first-order valence-corrected chi connectivity index (χ1v) is 9.69. The molecule has 1 amide bonds. The molecule has 4 rings (SSSR count). The predicted molar refractivity (Wildman–Crippen MR) is 98.9 cm³/mol. The molecule has 0 spiro atoms. The molecule has 0 saturated heterocycles. The van der Waals surface area contributed by atoms with E-state index < -0.39 is 0 Å². The van der Waals surface area contributed by atoms with E-state index in [0.29, 0.717) is 18.4 Å². The Labute approximate surface area is 149 Å². The van der Waals surface area contributed by atoms with E-state index in [1.807, 2.05) is 12.1 Å². The van der Waals surface area contributed by atoms with Crippen molar-refractivity contribution in [2.45, 2.75) is 63.8 Å². The van der Waals surface area contributed by atoms with Crippen LogP contribution in [0, 0.1) is 0 Å². The lowest BCUT2D eigenvalue weighted by molar-refractivity contribution is 0.0952. The van der Waals surface area contributed by atoms with Crippen LogP contribution in [0.15, 0.2) is 30.3 Å². The maximum atomic E-state index is 12.3. The maximum absolute atomic E-state index is 12.3. The first-order chi connectivity index (χ1) is 12.2. The molecule has 4 heteroatoms. The topological polar surface area (TPSA) is 46.9 Å². The number of rotatable bonds is 8. The number of hydrogen-bond donors (Lipinski definition) is 1. The molecule has 1 aromatic heterocycles. The summed E-state index contributed by atoms with van der Waals surface area (Å²) in [5.41, 5.74) is 4.67. The molecular weight excluding hydrogens is 310 g/mol. The Bertz CT molecular complexity index is 739. The SMILES string of the molecule is CCCc1ccc(C(=O)NCCn2nc(C3CC3)cc2C2CC2)cc1. The van der Waals surface area contributed by atoms with E-state index in [2.05, 4.69) is 35.1 Å². The summed E-state index contributed by atoms with van der Waals surface area (Å²) in [6.07, 6.45) is 7.33. The van der Waals surface area contributed by atoms with Gasteiger partial charge in [0.15, 0.2) is 0 Å². The van der Waals surface area contributed by atoms with E-state index in [1.54, 1.807) is 0 Å². The molecule has 0 aliphatic heterocycles. The largest absolute Gasteiger partial charge is 0.350 e. The molecule has 0 radical (unpaired) electrons. The normalized spacial score (nSPS) is 16.8. The van der Waals surface area contributed by atoms with Crippen LogP contribution in [0.2, 0.25) is 0 Å². The van der Waals surface area contributed by atoms with Crippen molar-refractivity contribution in [3.05, 3.63) is 52.8 Å². The second-order valence-electron chi connectivity index (χ2n) is 7.47. The second-order valence-corrected chi connectivity index (χ2v) is 7.47. The Morgan fingerprint density at radius 3 is 2.52 bits per heavy atom. The maximum Gasteiger partial charge on any atom is 0.251 e. The minimum absolute atomic E-state index is 0.00518. The quantitative estimate of drug-likeness (QED) is 0.791. The summed E-state index contributed by atoms with van der Waals surface area (Å²) in [5, 5.41) is 7.84. The van der Waals surface area contributed by atoms with Crippen LogP contribution in [0.25, 0.3) is 0 Å². The zero-order valence-electron chi connectivity index (χ0n) is 15.0. The van der Waals surface area contributed by atoms with Gasteiger partial charge in [0, 0.05) is 29.6 Å². The number of nitrogens with zero attached hydrogens (tertiary/aromatic N) is 2. The lowest BCUT2D eigenvalue weighted by Crippen LogP contribution is -2.28. The molecule has 4 nitrogen and oxygen atoms in total. The minimum atomic E-state index is 0.00518. The number of hydrogen-bond acceptors (Lipinski definition) is 2. The van der Waals surface area contributed by atoms with Gasteiger partial charge in [0.05, 0.1) is 12.2 Å². The summed E-state index contributed by atoms with van der Waals surface area (Å²) in [6.45, 7) is 3.56. The molecule has 2 aromatic rings. The second kappa shape index (κ2) is 7.03. The van der Waals surface area contributed by atoms with Gasteiger partial charge in [0.2, 0.25) is 0 Å². The van der Waals surface area contributed by atoms with Gasteiger partial charge in [-0.1, -0.05) is 25.5 Å². The highest BCUT2D eigenvalue weighted by Gasteiger charge is 2.32. The molecule has 0 bridgehead atoms. The van der Waals surface area contributed by atoms with Gasteiger partial charge in [-0.05, 0) is 55.9 Å². The van der Waals surface area contributed by atoms with E-state index in [-0.39, 0.29) is 5.91 Å². The van der Waals surface area contributed by atoms with Crippen LogP contribution in [0.1, 0.15) is 78.2 Å². The van der Waals surface area contributed by atoms with Crippen molar-refractivity contribution in [2.75, 3.05) is 6.54 Å². The fraction of sp³-hybridized carbons (Fsp3) is 0.524. The van der Waals surface area contributed by atoms with Crippen LogP contribution < -0.4 is 5.32 Å². The van der Waals surface area contributed by atoms with Crippen molar-refractivity contribution in [3.8, 4) is 0 Å². The summed E-state index contributed by atoms with van der Waals surface area (Å²) in [4.78, 5) is 12.3. The fourth-order valence-corrected chi connectivity index (χ4v) is 3.41. The smallest absolute Gasteiger partial charge is 0.251 e.